The fraction of sp³-hybridized carbons (Fsp3) is 0.360. The predicted molar refractivity (Wildman–Crippen MR) is 120 cm³/mol. The molecule has 164 valence electrons. The number of nitrogens with zero attached hydrogens (tertiary/aromatic N) is 1. The molecular formula is C25H21Cl2NO4. The SMILES string of the molecule is O=C(CC12CC(c3cc(-c4ccc(Cl)cc4)on3)(C1)C2)[C@@H]1C[C@@H](O)c2cc(Cl)ccc2O1. The normalized spacial score (nSPS) is 30.0. The van der Waals surface area contributed by atoms with E-state index in [4.69, 9.17) is 32.5 Å². The standard InChI is InChI=1S/C25H21Cl2NO4/c26-15-3-1-14(2-4-15)21-9-23(28-32-21)25-11-24(12-25,13-25)10-19(30)22-8-18(29)17-7-16(27)5-6-20(17)31-22/h1-7,9,18,22,29H,8,10-13H2/t18-,22+,24?,25?/m1/s1. The van der Waals surface area contributed by atoms with Gasteiger partial charge < -0.3 is 14.4 Å². The van der Waals surface area contributed by atoms with Gasteiger partial charge in [-0.05, 0) is 67.1 Å². The van der Waals surface area contributed by atoms with E-state index in [0.717, 1.165) is 36.3 Å². The Morgan fingerprint density at radius 3 is 2.53 bits per heavy atom. The molecule has 2 aromatic carbocycles. The van der Waals surface area contributed by atoms with Gasteiger partial charge in [-0.3, -0.25) is 4.79 Å². The van der Waals surface area contributed by atoms with Gasteiger partial charge in [-0.15, -0.1) is 0 Å². The maximum atomic E-state index is 13.0. The van der Waals surface area contributed by atoms with Gasteiger partial charge in [0.25, 0.3) is 0 Å². The van der Waals surface area contributed by atoms with E-state index in [2.05, 4.69) is 5.16 Å². The number of hydrogen-bond donors (Lipinski definition) is 1. The maximum Gasteiger partial charge on any atom is 0.173 e. The molecule has 0 saturated heterocycles. The number of ether oxygens (including phenoxy) is 1. The van der Waals surface area contributed by atoms with Crippen molar-refractivity contribution in [2.45, 2.75) is 49.7 Å². The molecule has 0 unspecified atom stereocenters. The molecule has 2 heterocycles. The van der Waals surface area contributed by atoms with Gasteiger partial charge in [0, 0.05) is 45.5 Å². The van der Waals surface area contributed by atoms with Crippen molar-refractivity contribution in [3.05, 3.63) is 69.8 Å². The second kappa shape index (κ2) is 7.08. The van der Waals surface area contributed by atoms with Crippen molar-refractivity contribution in [3.63, 3.8) is 0 Å². The second-order valence-corrected chi connectivity index (χ2v) is 10.5. The summed E-state index contributed by atoms with van der Waals surface area (Å²) in [6.45, 7) is 0. The number of aliphatic hydroxyl groups is 1. The Hall–Kier alpha value is -2.34. The Kier molecular flexibility index (Phi) is 4.49. The molecule has 0 spiro atoms. The van der Waals surface area contributed by atoms with Gasteiger partial charge in [0.1, 0.15) is 5.75 Å². The van der Waals surface area contributed by atoms with E-state index < -0.39 is 12.2 Å². The van der Waals surface area contributed by atoms with Crippen LogP contribution >= 0.6 is 23.2 Å². The van der Waals surface area contributed by atoms with Gasteiger partial charge in [0.15, 0.2) is 17.6 Å². The molecule has 0 radical (unpaired) electrons. The number of carbonyl (C=O) groups excluding carboxylic acids is 1. The summed E-state index contributed by atoms with van der Waals surface area (Å²) >= 11 is 12.0. The quantitative estimate of drug-likeness (QED) is 0.502. The van der Waals surface area contributed by atoms with Crippen molar-refractivity contribution in [2.75, 3.05) is 0 Å². The summed E-state index contributed by atoms with van der Waals surface area (Å²) < 4.78 is 11.5. The van der Waals surface area contributed by atoms with E-state index in [1.165, 1.54) is 0 Å². The lowest BCUT2D eigenvalue weighted by Crippen LogP contribution is -2.65. The Morgan fingerprint density at radius 2 is 1.78 bits per heavy atom. The van der Waals surface area contributed by atoms with Gasteiger partial charge in [0.05, 0.1) is 11.8 Å². The van der Waals surface area contributed by atoms with Crippen LogP contribution in [0.3, 0.4) is 0 Å². The zero-order valence-electron chi connectivity index (χ0n) is 17.2. The molecule has 3 fully saturated rings. The number of rotatable bonds is 5. The van der Waals surface area contributed by atoms with Crippen LogP contribution in [0.5, 0.6) is 5.75 Å². The average molecular weight is 470 g/mol. The van der Waals surface area contributed by atoms with Crippen LogP contribution < -0.4 is 4.74 Å². The molecule has 2 bridgehead atoms. The summed E-state index contributed by atoms with van der Waals surface area (Å²) in [7, 11) is 0. The molecule has 3 aromatic rings. The van der Waals surface area contributed by atoms with Gasteiger partial charge in [-0.2, -0.15) is 0 Å². The minimum atomic E-state index is -0.743. The Morgan fingerprint density at radius 1 is 1.06 bits per heavy atom. The summed E-state index contributed by atoms with van der Waals surface area (Å²) in [5.41, 5.74) is 2.59. The van der Waals surface area contributed by atoms with Gasteiger partial charge >= 0.3 is 0 Å². The summed E-state index contributed by atoms with van der Waals surface area (Å²) in [4.78, 5) is 13.0. The van der Waals surface area contributed by atoms with Crippen LogP contribution in [0.15, 0.2) is 53.1 Å². The lowest BCUT2D eigenvalue weighted by molar-refractivity contribution is -0.165. The number of aliphatic hydroxyl groups excluding tert-OH is 1. The van der Waals surface area contributed by atoms with Gasteiger partial charge in [-0.1, -0.05) is 28.4 Å². The summed E-state index contributed by atoms with van der Waals surface area (Å²) in [6, 6.07) is 14.6. The molecule has 1 N–H and O–H groups in total. The molecule has 3 aliphatic carbocycles. The number of halogens is 2. The smallest absolute Gasteiger partial charge is 0.173 e. The highest BCUT2D eigenvalue weighted by Gasteiger charge is 2.69. The van der Waals surface area contributed by atoms with Crippen LogP contribution in [0.25, 0.3) is 11.3 Å². The highest BCUT2D eigenvalue weighted by Crippen LogP contribution is 2.75. The fourth-order valence-electron chi connectivity index (χ4n) is 5.83. The molecule has 7 rings (SSSR count). The second-order valence-electron chi connectivity index (χ2n) is 9.58. The Balaban J connectivity index is 1.10. The van der Waals surface area contributed by atoms with Crippen LogP contribution in [0, 0.1) is 5.41 Å². The first kappa shape index (κ1) is 20.3. The number of aromatic nitrogens is 1. The van der Waals surface area contributed by atoms with E-state index in [-0.39, 0.29) is 23.0 Å². The third kappa shape index (κ3) is 3.18. The molecule has 0 amide bonds. The molecule has 7 heteroatoms. The van der Waals surface area contributed by atoms with Crippen LogP contribution in [-0.2, 0) is 10.2 Å². The summed E-state index contributed by atoms with van der Waals surface area (Å²) in [5, 5.41) is 16.0. The highest BCUT2D eigenvalue weighted by molar-refractivity contribution is 6.31. The highest BCUT2D eigenvalue weighted by atomic mass is 35.5. The van der Waals surface area contributed by atoms with Crippen LogP contribution in [-0.4, -0.2) is 22.2 Å². The number of ketones is 1. The molecule has 4 aliphatic rings. The molecule has 1 aliphatic heterocycles. The first-order valence-corrected chi connectivity index (χ1v) is 11.5. The number of Topliss-reactive ketones (excluding diaryl/α,β-unsaturated/α-hetero) is 1. The van der Waals surface area contributed by atoms with Gasteiger partial charge in [0.2, 0.25) is 0 Å². The molecule has 2 atom stereocenters. The van der Waals surface area contributed by atoms with Crippen molar-refractivity contribution < 1.29 is 19.2 Å². The Labute approximate surface area is 195 Å². The molecular weight excluding hydrogens is 449 g/mol. The van der Waals surface area contributed by atoms with E-state index >= 15 is 0 Å². The molecule has 3 saturated carbocycles. The van der Waals surface area contributed by atoms with E-state index in [1.807, 2.05) is 30.3 Å². The van der Waals surface area contributed by atoms with Crippen molar-refractivity contribution in [2.24, 2.45) is 5.41 Å². The van der Waals surface area contributed by atoms with Crippen molar-refractivity contribution >= 4 is 29.0 Å². The lowest BCUT2D eigenvalue weighted by atomic mass is 9.33. The largest absolute Gasteiger partial charge is 0.482 e. The molecule has 1 aromatic heterocycles. The van der Waals surface area contributed by atoms with Gasteiger partial charge in [-0.25, -0.2) is 0 Å². The first-order valence-electron chi connectivity index (χ1n) is 10.7. The topological polar surface area (TPSA) is 72.6 Å². The first-order chi connectivity index (χ1) is 15.3. The molecule has 32 heavy (non-hydrogen) atoms. The fourth-order valence-corrected chi connectivity index (χ4v) is 6.14. The monoisotopic (exact) mass is 469 g/mol. The van der Waals surface area contributed by atoms with Crippen molar-refractivity contribution in [1.29, 1.82) is 0 Å². The number of carbonyl (C=O) groups is 1. The zero-order valence-corrected chi connectivity index (χ0v) is 18.7. The number of fused-ring (bicyclic) bond motifs is 1. The minimum absolute atomic E-state index is 0.0186. The third-order valence-electron chi connectivity index (χ3n) is 7.27. The van der Waals surface area contributed by atoms with E-state index in [1.54, 1.807) is 18.2 Å². The van der Waals surface area contributed by atoms with Crippen LogP contribution in [0.1, 0.15) is 49.5 Å². The Bertz CT molecular complexity index is 1200. The van der Waals surface area contributed by atoms with Crippen LogP contribution in [0.2, 0.25) is 10.0 Å². The predicted octanol–water partition coefficient (Wildman–Crippen LogP) is 5.91. The summed E-state index contributed by atoms with van der Waals surface area (Å²) in [6.07, 6.45) is 2.16. The lowest BCUT2D eigenvalue weighted by Gasteiger charge is -2.70. The maximum absolute atomic E-state index is 13.0. The van der Waals surface area contributed by atoms with Crippen molar-refractivity contribution in [3.8, 4) is 17.1 Å². The average Bonchev–Trinajstić information content (AvgIpc) is 3.20. The van der Waals surface area contributed by atoms with Crippen LogP contribution in [0.4, 0.5) is 0 Å². The van der Waals surface area contributed by atoms with E-state index in [0.29, 0.717) is 27.8 Å². The summed E-state index contributed by atoms with van der Waals surface area (Å²) in [5.74, 6) is 1.33. The zero-order chi connectivity index (χ0) is 22.1. The van der Waals surface area contributed by atoms with E-state index in [9.17, 15) is 9.90 Å². The van der Waals surface area contributed by atoms with Crippen molar-refractivity contribution in [1.82, 2.24) is 5.16 Å². The third-order valence-corrected chi connectivity index (χ3v) is 7.76. The minimum Gasteiger partial charge on any atom is -0.482 e. The molecule has 5 nitrogen and oxygen atoms in total. The number of hydrogen-bond acceptors (Lipinski definition) is 5. The number of benzene rings is 2.